The van der Waals surface area contributed by atoms with Gasteiger partial charge in [-0.3, -0.25) is 10.1 Å². The number of benzene rings is 2. The summed E-state index contributed by atoms with van der Waals surface area (Å²) in [5, 5.41) is 21.1. The van der Waals surface area contributed by atoms with E-state index in [1.807, 2.05) is 12.1 Å². The maximum atomic E-state index is 10.8. The quantitative estimate of drug-likeness (QED) is 0.672. The molecule has 0 heterocycles. The molecule has 0 spiro atoms. The van der Waals surface area contributed by atoms with Crippen molar-refractivity contribution >= 4 is 17.3 Å². The number of non-ortho nitro benzene ring substituents is 1. The number of aliphatic hydroxyl groups is 1. The number of hydrogen-bond donors (Lipinski definition) is 1. The molecule has 0 amide bonds. The van der Waals surface area contributed by atoms with Crippen LogP contribution in [-0.4, -0.2) is 10.0 Å². The van der Waals surface area contributed by atoms with Gasteiger partial charge in [0, 0.05) is 22.7 Å². The molecule has 1 N–H and O–H groups in total. The smallest absolute Gasteiger partial charge is 0.270 e. The van der Waals surface area contributed by atoms with Gasteiger partial charge in [-0.2, -0.15) is 0 Å². The fourth-order valence-electron chi connectivity index (χ4n) is 1.85. The van der Waals surface area contributed by atoms with Crippen molar-refractivity contribution in [2.75, 3.05) is 0 Å². The van der Waals surface area contributed by atoms with Crippen molar-refractivity contribution in [2.24, 2.45) is 0 Å². The van der Waals surface area contributed by atoms with E-state index in [2.05, 4.69) is 0 Å². The van der Waals surface area contributed by atoms with E-state index in [1.165, 1.54) is 25.1 Å². The van der Waals surface area contributed by atoms with Gasteiger partial charge in [0.15, 0.2) is 0 Å². The van der Waals surface area contributed by atoms with Crippen LogP contribution in [0.5, 0.6) is 5.75 Å². The molecule has 2 aromatic carbocycles. The zero-order valence-electron chi connectivity index (χ0n) is 11.3. The van der Waals surface area contributed by atoms with Gasteiger partial charge in [0.05, 0.1) is 11.0 Å². The van der Waals surface area contributed by atoms with Crippen molar-refractivity contribution in [2.45, 2.75) is 19.6 Å². The number of aliphatic hydroxyl groups excluding tert-OH is 1. The van der Waals surface area contributed by atoms with E-state index in [1.54, 1.807) is 12.1 Å². The molecule has 6 heteroatoms. The SMILES string of the molecule is CC(O)c1cc([N+](=O)[O-])ccc1OCc1ccc(Cl)cc1. The molecule has 1 atom stereocenters. The molecule has 0 aliphatic rings. The van der Waals surface area contributed by atoms with Crippen LogP contribution < -0.4 is 4.74 Å². The van der Waals surface area contributed by atoms with Crippen LogP contribution in [0.4, 0.5) is 5.69 Å². The Hall–Kier alpha value is -2.11. The van der Waals surface area contributed by atoms with Gasteiger partial charge >= 0.3 is 0 Å². The maximum Gasteiger partial charge on any atom is 0.270 e. The predicted octanol–water partition coefficient (Wildman–Crippen LogP) is 3.88. The summed E-state index contributed by atoms with van der Waals surface area (Å²) in [5.74, 6) is 0.422. The second kappa shape index (κ2) is 6.56. The first-order valence-electron chi connectivity index (χ1n) is 6.31. The molecule has 0 radical (unpaired) electrons. The standard InChI is InChI=1S/C15H14ClNO4/c1-10(18)14-8-13(17(19)20)6-7-15(14)21-9-11-2-4-12(16)5-3-11/h2-8,10,18H,9H2,1H3. The van der Waals surface area contributed by atoms with Crippen LogP contribution in [-0.2, 0) is 6.61 Å². The Morgan fingerprint density at radius 3 is 2.52 bits per heavy atom. The van der Waals surface area contributed by atoms with Crippen molar-refractivity contribution in [3.8, 4) is 5.75 Å². The van der Waals surface area contributed by atoms with Crippen molar-refractivity contribution in [1.29, 1.82) is 0 Å². The van der Waals surface area contributed by atoms with E-state index in [-0.39, 0.29) is 12.3 Å². The Kier molecular flexibility index (Phi) is 4.77. The molecule has 0 aliphatic carbocycles. The molecule has 0 aliphatic heterocycles. The van der Waals surface area contributed by atoms with Crippen LogP contribution in [0, 0.1) is 10.1 Å². The summed E-state index contributed by atoms with van der Waals surface area (Å²) in [6, 6.07) is 11.3. The number of nitrogens with zero attached hydrogens (tertiary/aromatic N) is 1. The lowest BCUT2D eigenvalue weighted by Crippen LogP contribution is -2.02. The Balaban J connectivity index is 2.19. The molecule has 21 heavy (non-hydrogen) atoms. The van der Waals surface area contributed by atoms with Crippen LogP contribution in [0.1, 0.15) is 24.2 Å². The van der Waals surface area contributed by atoms with Gasteiger partial charge in [0.2, 0.25) is 0 Å². The predicted molar refractivity (Wildman–Crippen MR) is 79.5 cm³/mol. The topological polar surface area (TPSA) is 72.6 Å². The monoisotopic (exact) mass is 307 g/mol. The number of halogens is 1. The highest BCUT2D eigenvalue weighted by molar-refractivity contribution is 6.30. The van der Waals surface area contributed by atoms with Crippen LogP contribution in [0.2, 0.25) is 5.02 Å². The largest absolute Gasteiger partial charge is 0.489 e. The Labute approximate surface area is 126 Å². The molecular formula is C15H14ClNO4. The summed E-state index contributed by atoms with van der Waals surface area (Å²) < 4.78 is 5.63. The number of nitro benzene ring substituents is 1. The first-order valence-corrected chi connectivity index (χ1v) is 6.69. The van der Waals surface area contributed by atoms with Crippen molar-refractivity contribution in [1.82, 2.24) is 0 Å². The summed E-state index contributed by atoms with van der Waals surface area (Å²) in [6.45, 7) is 1.82. The van der Waals surface area contributed by atoms with E-state index in [0.717, 1.165) is 5.56 Å². The van der Waals surface area contributed by atoms with Crippen LogP contribution in [0.3, 0.4) is 0 Å². The second-order valence-electron chi connectivity index (χ2n) is 4.57. The lowest BCUT2D eigenvalue weighted by Gasteiger charge is -2.13. The highest BCUT2D eigenvalue weighted by Crippen LogP contribution is 2.30. The molecule has 0 aromatic heterocycles. The van der Waals surface area contributed by atoms with E-state index >= 15 is 0 Å². The average molecular weight is 308 g/mol. The Bertz CT molecular complexity index is 641. The first kappa shape index (κ1) is 15.3. The summed E-state index contributed by atoms with van der Waals surface area (Å²) >= 11 is 5.80. The molecule has 1 unspecified atom stereocenters. The van der Waals surface area contributed by atoms with E-state index in [9.17, 15) is 15.2 Å². The van der Waals surface area contributed by atoms with Gasteiger partial charge in [-0.25, -0.2) is 0 Å². The molecule has 2 aromatic rings. The van der Waals surface area contributed by atoms with Crippen molar-refractivity contribution in [3.63, 3.8) is 0 Å². The van der Waals surface area contributed by atoms with E-state index in [0.29, 0.717) is 16.3 Å². The molecule has 2 rings (SSSR count). The minimum atomic E-state index is -0.856. The summed E-state index contributed by atoms with van der Waals surface area (Å²) in [4.78, 5) is 10.3. The molecular weight excluding hydrogens is 294 g/mol. The minimum absolute atomic E-state index is 0.0789. The van der Waals surface area contributed by atoms with Crippen LogP contribution in [0.25, 0.3) is 0 Å². The summed E-state index contributed by atoms with van der Waals surface area (Å²) in [7, 11) is 0. The summed E-state index contributed by atoms with van der Waals surface area (Å²) in [6.07, 6.45) is -0.856. The number of ether oxygens (including phenoxy) is 1. The molecule has 110 valence electrons. The van der Waals surface area contributed by atoms with Gasteiger partial charge in [-0.1, -0.05) is 23.7 Å². The van der Waals surface area contributed by atoms with Crippen LogP contribution >= 0.6 is 11.6 Å². The zero-order valence-corrected chi connectivity index (χ0v) is 12.1. The fraction of sp³-hybridized carbons (Fsp3) is 0.200. The first-order chi connectivity index (χ1) is 9.97. The molecule has 0 bridgehead atoms. The summed E-state index contributed by atoms with van der Waals surface area (Å²) in [5.41, 5.74) is 1.22. The molecule has 0 saturated carbocycles. The zero-order chi connectivity index (χ0) is 15.4. The third kappa shape index (κ3) is 3.93. The maximum absolute atomic E-state index is 10.8. The number of nitro groups is 1. The van der Waals surface area contributed by atoms with Crippen molar-refractivity contribution < 1.29 is 14.8 Å². The van der Waals surface area contributed by atoms with E-state index in [4.69, 9.17) is 16.3 Å². The lowest BCUT2D eigenvalue weighted by molar-refractivity contribution is -0.385. The Morgan fingerprint density at radius 1 is 1.29 bits per heavy atom. The lowest BCUT2D eigenvalue weighted by atomic mass is 10.1. The van der Waals surface area contributed by atoms with Gasteiger partial charge in [-0.15, -0.1) is 0 Å². The number of hydrogen-bond acceptors (Lipinski definition) is 4. The third-order valence-corrected chi connectivity index (χ3v) is 3.21. The average Bonchev–Trinajstić information content (AvgIpc) is 2.46. The van der Waals surface area contributed by atoms with Crippen LogP contribution in [0.15, 0.2) is 42.5 Å². The molecule has 0 saturated heterocycles. The fourth-order valence-corrected chi connectivity index (χ4v) is 1.98. The molecule has 0 fully saturated rings. The normalized spacial score (nSPS) is 12.0. The van der Waals surface area contributed by atoms with E-state index < -0.39 is 11.0 Å². The second-order valence-corrected chi connectivity index (χ2v) is 5.01. The van der Waals surface area contributed by atoms with Gasteiger partial charge < -0.3 is 9.84 Å². The minimum Gasteiger partial charge on any atom is -0.489 e. The molecule has 5 nitrogen and oxygen atoms in total. The van der Waals surface area contributed by atoms with Gasteiger partial charge in [0.1, 0.15) is 12.4 Å². The number of rotatable bonds is 5. The highest BCUT2D eigenvalue weighted by atomic mass is 35.5. The van der Waals surface area contributed by atoms with Gasteiger partial charge in [-0.05, 0) is 30.7 Å². The highest BCUT2D eigenvalue weighted by Gasteiger charge is 2.15. The Morgan fingerprint density at radius 2 is 1.95 bits per heavy atom. The van der Waals surface area contributed by atoms with Gasteiger partial charge in [0.25, 0.3) is 5.69 Å². The van der Waals surface area contributed by atoms with Crippen molar-refractivity contribution in [3.05, 3.63) is 68.7 Å². The third-order valence-electron chi connectivity index (χ3n) is 2.96.